The van der Waals surface area contributed by atoms with Gasteiger partial charge in [0.2, 0.25) is 0 Å². The van der Waals surface area contributed by atoms with E-state index in [0.29, 0.717) is 28.1 Å². The molecule has 0 aliphatic heterocycles. The smallest absolute Gasteiger partial charge is 0.335 e. The molecule has 0 aliphatic carbocycles. The normalized spacial score (nSPS) is 10.5. The van der Waals surface area contributed by atoms with E-state index < -0.39 is 5.97 Å². The zero-order chi connectivity index (χ0) is 15.0. The second-order valence-electron chi connectivity index (χ2n) is 4.63. The first-order valence-corrected chi connectivity index (χ1v) is 6.33. The Kier molecular flexibility index (Phi) is 2.92. The number of carboxylic acid groups (broad SMARTS) is 1. The Morgan fingerprint density at radius 1 is 1.29 bits per heavy atom. The van der Waals surface area contributed by atoms with Gasteiger partial charge in [0.05, 0.1) is 27.8 Å². The number of rotatable bonds is 2. The highest BCUT2D eigenvalue weighted by molar-refractivity contribution is 5.93. The van der Waals surface area contributed by atoms with Crippen molar-refractivity contribution in [2.45, 2.75) is 6.92 Å². The summed E-state index contributed by atoms with van der Waals surface area (Å²) in [7, 11) is 0. The highest BCUT2D eigenvalue weighted by Gasteiger charge is 2.14. The van der Waals surface area contributed by atoms with E-state index >= 15 is 0 Å². The van der Waals surface area contributed by atoms with Crippen molar-refractivity contribution in [1.82, 2.24) is 9.55 Å². The molecule has 1 aromatic heterocycles. The summed E-state index contributed by atoms with van der Waals surface area (Å²) in [5.74, 6) is -0.286. The van der Waals surface area contributed by atoms with Crippen molar-refractivity contribution in [2.75, 3.05) is 0 Å². The van der Waals surface area contributed by atoms with Gasteiger partial charge in [-0.25, -0.2) is 9.78 Å². The average Bonchev–Trinajstić information content (AvgIpc) is 2.81. The third-order valence-corrected chi connectivity index (χ3v) is 3.33. The fraction of sp³-hybridized carbons (Fsp3) is 0.0625. The fourth-order valence-corrected chi connectivity index (χ4v) is 2.40. The maximum Gasteiger partial charge on any atom is 0.335 e. The molecule has 0 aliphatic rings. The van der Waals surface area contributed by atoms with Gasteiger partial charge >= 0.3 is 5.97 Å². The zero-order valence-electron chi connectivity index (χ0n) is 11.2. The van der Waals surface area contributed by atoms with Gasteiger partial charge in [0.1, 0.15) is 11.9 Å². The summed E-state index contributed by atoms with van der Waals surface area (Å²) >= 11 is 0. The van der Waals surface area contributed by atoms with Crippen LogP contribution in [0, 0.1) is 18.3 Å². The van der Waals surface area contributed by atoms with Gasteiger partial charge in [0.15, 0.2) is 0 Å². The molecule has 0 amide bonds. The van der Waals surface area contributed by atoms with Crippen LogP contribution in [-0.2, 0) is 0 Å². The lowest BCUT2D eigenvalue weighted by molar-refractivity contribution is 0.0697. The van der Waals surface area contributed by atoms with Crippen LogP contribution in [0.4, 0.5) is 0 Å². The lowest BCUT2D eigenvalue weighted by atomic mass is 10.1. The first-order valence-electron chi connectivity index (χ1n) is 6.33. The molecule has 0 saturated carbocycles. The topological polar surface area (TPSA) is 78.9 Å². The predicted molar refractivity (Wildman–Crippen MR) is 77.5 cm³/mol. The van der Waals surface area contributed by atoms with Gasteiger partial charge in [0.25, 0.3) is 0 Å². The molecular weight excluding hydrogens is 266 g/mol. The maximum absolute atomic E-state index is 11.1. The number of aromatic carboxylic acids is 1. The second kappa shape index (κ2) is 4.76. The molecule has 0 atom stereocenters. The summed E-state index contributed by atoms with van der Waals surface area (Å²) in [6.07, 6.45) is 0. The number of hydrogen-bond donors (Lipinski definition) is 1. The Hall–Kier alpha value is -3.13. The Labute approximate surface area is 120 Å². The molecule has 0 saturated heterocycles. The van der Waals surface area contributed by atoms with Crippen LogP contribution in [0.5, 0.6) is 0 Å². The van der Waals surface area contributed by atoms with E-state index in [1.807, 2.05) is 19.1 Å². The number of carbonyl (C=O) groups is 1. The molecule has 5 heteroatoms. The van der Waals surface area contributed by atoms with Gasteiger partial charge < -0.3 is 5.11 Å². The SMILES string of the molecule is Cc1nc2ccc(C(=O)O)cc2n1-c1ccccc1C#N. The van der Waals surface area contributed by atoms with Crippen molar-refractivity contribution in [3.05, 3.63) is 59.4 Å². The number of aryl methyl sites for hydroxylation is 1. The lowest BCUT2D eigenvalue weighted by Crippen LogP contribution is -2.01. The number of nitriles is 1. The molecule has 102 valence electrons. The molecule has 0 unspecified atom stereocenters. The van der Waals surface area contributed by atoms with Crippen LogP contribution in [0.3, 0.4) is 0 Å². The van der Waals surface area contributed by atoms with Crippen molar-refractivity contribution < 1.29 is 9.90 Å². The molecule has 0 fully saturated rings. The van der Waals surface area contributed by atoms with Crippen molar-refractivity contribution in [2.24, 2.45) is 0 Å². The van der Waals surface area contributed by atoms with Gasteiger partial charge in [-0.2, -0.15) is 5.26 Å². The van der Waals surface area contributed by atoms with E-state index in [1.54, 1.807) is 28.8 Å². The number of imidazole rings is 1. The highest BCUT2D eigenvalue weighted by atomic mass is 16.4. The Morgan fingerprint density at radius 3 is 2.76 bits per heavy atom. The number of fused-ring (bicyclic) bond motifs is 1. The van der Waals surface area contributed by atoms with Gasteiger partial charge in [-0.1, -0.05) is 12.1 Å². The van der Waals surface area contributed by atoms with Crippen molar-refractivity contribution in [1.29, 1.82) is 5.26 Å². The van der Waals surface area contributed by atoms with E-state index in [1.165, 1.54) is 6.07 Å². The third-order valence-electron chi connectivity index (χ3n) is 3.33. The number of nitrogens with zero attached hydrogens (tertiary/aromatic N) is 3. The molecular formula is C16H11N3O2. The van der Waals surface area contributed by atoms with Crippen molar-refractivity contribution in [3.8, 4) is 11.8 Å². The lowest BCUT2D eigenvalue weighted by Gasteiger charge is -2.09. The summed E-state index contributed by atoms with van der Waals surface area (Å²) in [5.41, 5.74) is 2.78. The molecule has 21 heavy (non-hydrogen) atoms. The number of aromatic nitrogens is 2. The number of para-hydroxylation sites is 1. The number of carboxylic acids is 1. The quantitative estimate of drug-likeness (QED) is 0.781. The third kappa shape index (κ3) is 2.03. The van der Waals surface area contributed by atoms with Crippen LogP contribution in [0.25, 0.3) is 16.7 Å². The summed E-state index contributed by atoms with van der Waals surface area (Å²) in [6.45, 7) is 1.83. The fourth-order valence-electron chi connectivity index (χ4n) is 2.40. The van der Waals surface area contributed by atoms with Crippen molar-refractivity contribution in [3.63, 3.8) is 0 Å². The van der Waals surface area contributed by atoms with Crippen molar-refractivity contribution >= 4 is 17.0 Å². The van der Waals surface area contributed by atoms with Crippen LogP contribution in [0.15, 0.2) is 42.5 Å². The molecule has 5 nitrogen and oxygen atoms in total. The monoisotopic (exact) mass is 277 g/mol. The second-order valence-corrected chi connectivity index (χ2v) is 4.63. The molecule has 1 N–H and O–H groups in total. The Morgan fingerprint density at radius 2 is 2.05 bits per heavy atom. The molecule has 3 rings (SSSR count). The minimum Gasteiger partial charge on any atom is -0.478 e. The van der Waals surface area contributed by atoms with Crippen LogP contribution in [-0.4, -0.2) is 20.6 Å². The predicted octanol–water partition coefficient (Wildman–Crippen LogP) is 2.90. The molecule has 0 spiro atoms. The summed E-state index contributed by atoms with van der Waals surface area (Å²) in [4.78, 5) is 15.6. The van der Waals surface area contributed by atoms with Crippen LogP contribution in [0.2, 0.25) is 0 Å². The molecule has 3 aromatic rings. The summed E-state index contributed by atoms with van der Waals surface area (Å²) < 4.78 is 1.81. The van der Waals surface area contributed by atoms with E-state index in [4.69, 9.17) is 5.11 Å². The Bertz CT molecular complexity index is 904. The highest BCUT2D eigenvalue weighted by Crippen LogP contribution is 2.24. The van der Waals surface area contributed by atoms with Gasteiger partial charge in [-0.15, -0.1) is 0 Å². The summed E-state index contributed by atoms with van der Waals surface area (Å²) in [5, 5.41) is 18.4. The molecule has 0 bridgehead atoms. The first kappa shape index (κ1) is 12.9. The van der Waals surface area contributed by atoms with Gasteiger partial charge in [-0.05, 0) is 37.3 Å². The maximum atomic E-state index is 11.1. The minimum atomic E-state index is -0.990. The minimum absolute atomic E-state index is 0.193. The number of hydrogen-bond acceptors (Lipinski definition) is 3. The molecule has 0 radical (unpaired) electrons. The first-order chi connectivity index (χ1) is 10.1. The summed E-state index contributed by atoms with van der Waals surface area (Å²) in [6, 6.07) is 14.1. The molecule has 2 aromatic carbocycles. The van der Waals surface area contributed by atoms with E-state index in [2.05, 4.69) is 11.1 Å². The van der Waals surface area contributed by atoms with Crippen LogP contribution >= 0.6 is 0 Å². The Balaban J connectivity index is 2.36. The van der Waals surface area contributed by atoms with E-state index in [-0.39, 0.29) is 5.56 Å². The van der Waals surface area contributed by atoms with Crippen LogP contribution in [0.1, 0.15) is 21.7 Å². The van der Waals surface area contributed by atoms with Crippen LogP contribution < -0.4 is 0 Å². The van der Waals surface area contributed by atoms with Gasteiger partial charge in [-0.3, -0.25) is 4.57 Å². The largest absolute Gasteiger partial charge is 0.478 e. The average molecular weight is 277 g/mol. The van der Waals surface area contributed by atoms with Gasteiger partial charge in [0, 0.05) is 0 Å². The standard InChI is InChI=1S/C16H11N3O2/c1-10-18-13-7-6-11(16(20)21)8-15(13)19(10)14-5-3-2-4-12(14)9-17/h2-8H,1H3,(H,20,21). The van der Waals surface area contributed by atoms with E-state index in [0.717, 1.165) is 0 Å². The zero-order valence-corrected chi connectivity index (χ0v) is 11.2. The van der Waals surface area contributed by atoms with E-state index in [9.17, 15) is 10.1 Å². The molecule has 1 heterocycles. The number of benzene rings is 2.